The van der Waals surface area contributed by atoms with Gasteiger partial charge in [-0.25, -0.2) is 4.79 Å². The Labute approximate surface area is 71.2 Å². The Balaban J connectivity index is 4.83. The molecule has 0 aliphatic heterocycles. The first-order valence-corrected chi connectivity index (χ1v) is 4.28. The molecule has 0 unspecified atom stereocenters. The number of carboxylic acids is 1. The van der Waals surface area contributed by atoms with Crippen molar-refractivity contribution in [3.05, 3.63) is 0 Å². The summed E-state index contributed by atoms with van der Waals surface area (Å²) in [4.78, 5) is 9.97. The van der Waals surface area contributed by atoms with E-state index in [1.807, 2.05) is 0 Å². The van der Waals surface area contributed by atoms with Crippen molar-refractivity contribution in [1.82, 2.24) is 0 Å². The predicted octanol–water partition coefficient (Wildman–Crippen LogP) is 1.21. The van der Waals surface area contributed by atoms with E-state index in [-0.39, 0.29) is 0 Å². The number of alkyl halides is 2. The minimum Gasteiger partial charge on any atom is -0.476 e. The molecule has 0 fully saturated rings. The Morgan fingerprint density at radius 2 is 1.67 bits per heavy atom. The van der Waals surface area contributed by atoms with E-state index in [1.54, 1.807) is 0 Å². The summed E-state index contributed by atoms with van der Waals surface area (Å²) in [5, 5.41) is 3.86. The van der Waals surface area contributed by atoms with E-state index in [2.05, 4.69) is 0 Å². The van der Waals surface area contributed by atoms with Gasteiger partial charge in [-0.15, -0.1) is 0 Å². The molecule has 0 saturated heterocycles. The zero-order valence-electron chi connectivity index (χ0n) is 6.93. The lowest BCUT2D eigenvalue weighted by Gasteiger charge is -2.21. The smallest absolute Gasteiger partial charge is 0.416 e. The second kappa shape index (κ2) is 3.08. The Kier molecular flexibility index (Phi) is 2.95. The molecule has 0 saturated carbocycles. The lowest BCUT2D eigenvalue weighted by Crippen LogP contribution is -2.42. The summed E-state index contributed by atoms with van der Waals surface area (Å²) in [7, 11) is -2.71. The first-order valence-electron chi connectivity index (χ1n) is 3.13. The van der Waals surface area contributed by atoms with E-state index < -0.39 is 26.8 Å². The Bertz CT molecular complexity index is 219. The van der Waals surface area contributed by atoms with Crippen LogP contribution in [0.4, 0.5) is 8.78 Å². The summed E-state index contributed by atoms with van der Waals surface area (Å²) in [5.41, 5.74) is 0. The van der Waals surface area contributed by atoms with Crippen LogP contribution in [0.25, 0.3) is 0 Å². The normalized spacial score (nSPS) is 15.8. The van der Waals surface area contributed by atoms with Crippen LogP contribution in [-0.4, -0.2) is 25.3 Å². The molecule has 0 spiro atoms. The largest absolute Gasteiger partial charge is 0.476 e. The molecule has 0 amide bonds. The van der Waals surface area contributed by atoms with Crippen LogP contribution in [0, 0.1) is 0 Å². The molecule has 72 valence electrons. The highest BCUT2D eigenvalue weighted by Gasteiger charge is 2.50. The molecule has 6 heteroatoms. The van der Waals surface area contributed by atoms with Gasteiger partial charge in [-0.1, -0.05) is 0 Å². The number of hydrogen-bond acceptors (Lipinski definition) is 2. The van der Waals surface area contributed by atoms with Crippen molar-refractivity contribution in [3.63, 3.8) is 0 Å². The molecule has 12 heavy (non-hydrogen) atoms. The average molecular weight is 200 g/mol. The van der Waals surface area contributed by atoms with Crippen molar-refractivity contribution in [2.75, 3.05) is 0 Å². The molecule has 0 aliphatic rings. The van der Waals surface area contributed by atoms with Crippen molar-refractivity contribution in [2.45, 2.75) is 30.8 Å². The highest BCUT2D eigenvalue weighted by atomic mass is 32.2. The fourth-order valence-corrected chi connectivity index (χ4v) is 1.39. The number of rotatable bonds is 2. The second-order valence-corrected chi connectivity index (χ2v) is 5.48. The molecular weight excluding hydrogens is 190 g/mol. The van der Waals surface area contributed by atoms with E-state index in [0.29, 0.717) is 0 Å². The summed E-state index contributed by atoms with van der Waals surface area (Å²) >= 11 is 0. The molecule has 3 nitrogen and oxygen atoms in total. The summed E-state index contributed by atoms with van der Waals surface area (Å²) in [6.07, 6.45) is 0. The van der Waals surface area contributed by atoms with Gasteiger partial charge in [0.1, 0.15) is 10.8 Å². The molecule has 0 bridgehead atoms. The van der Waals surface area contributed by atoms with Crippen molar-refractivity contribution in [2.24, 2.45) is 0 Å². The molecule has 0 heterocycles. The summed E-state index contributed by atoms with van der Waals surface area (Å²) in [5.74, 6) is -2.35. The van der Waals surface area contributed by atoms with Crippen LogP contribution in [0.2, 0.25) is 0 Å². The van der Waals surface area contributed by atoms with E-state index in [4.69, 9.17) is 5.11 Å². The van der Waals surface area contributed by atoms with Gasteiger partial charge in [-0.05, 0) is 20.8 Å². The van der Waals surface area contributed by atoms with Gasteiger partial charge in [0, 0.05) is 4.75 Å². The minimum absolute atomic E-state index is 1.23. The van der Waals surface area contributed by atoms with Gasteiger partial charge >= 0.3 is 11.2 Å². The quantitative estimate of drug-likeness (QED) is 0.729. The topological polar surface area (TPSA) is 54.4 Å². The zero-order valence-corrected chi connectivity index (χ0v) is 7.74. The highest BCUT2D eigenvalue weighted by molar-refractivity contribution is 7.88. The molecule has 0 aromatic carbocycles. The first kappa shape index (κ1) is 11.5. The maximum Gasteiger partial charge on any atom is 0.416 e. The van der Waals surface area contributed by atoms with Crippen LogP contribution in [0.15, 0.2) is 0 Å². The van der Waals surface area contributed by atoms with Gasteiger partial charge in [0.2, 0.25) is 0 Å². The average Bonchev–Trinajstić information content (AvgIpc) is 1.83. The molecule has 0 aromatic rings. The van der Waals surface area contributed by atoms with E-state index >= 15 is 0 Å². The number of aliphatic carboxylic acids is 1. The zero-order chi connectivity index (χ0) is 10.2. The fraction of sp³-hybridized carbons (Fsp3) is 0.833. The Morgan fingerprint density at radius 3 is 1.75 bits per heavy atom. The number of halogens is 2. The van der Waals surface area contributed by atoms with Crippen LogP contribution in [0.3, 0.4) is 0 Å². The van der Waals surface area contributed by atoms with Gasteiger partial charge in [-0.3, -0.25) is 4.21 Å². The summed E-state index contributed by atoms with van der Waals surface area (Å²) in [6, 6.07) is 0. The van der Waals surface area contributed by atoms with Gasteiger partial charge in [0.25, 0.3) is 0 Å². The van der Waals surface area contributed by atoms with E-state index in [1.165, 1.54) is 20.8 Å². The molecule has 0 aliphatic carbocycles. The molecule has 1 N–H and O–H groups in total. The van der Waals surface area contributed by atoms with Crippen molar-refractivity contribution in [3.8, 4) is 0 Å². The van der Waals surface area contributed by atoms with Crippen LogP contribution in [0.5, 0.6) is 0 Å². The van der Waals surface area contributed by atoms with Crippen LogP contribution >= 0.6 is 0 Å². The number of carbonyl (C=O) groups is 1. The van der Waals surface area contributed by atoms with E-state index in [0.717, 1.165) is 0 Å². The third-order valence-electron chi connectivity index (χ3n) is 1.04. The van der Waals surface area contributed by atoms with Crippen molar-refractivity contribution < 1.29 is 22.9 Å². The van der Waals surface area contributed by atoms with Gasteiger partial charge in [-0.2, -0.15) is 8.78 Å². The Morgan fingerprint density at radius 1 is 1.33 bits per heavy atom. The van der Waals surface area contributed by atoms with Gasteiger partial charge < -0.3 is 5.11 Å². The van der Waals surface area contributed by atoms with E-state index in [9.17, 15) is 17.8 Å². The lowest BCUT2D eigenvalue weighted by molar-refractivity contribution is -0.153. The van der Waals surface area contributed by atoms with Crippen molar-refractivity contribution >= 4 is 16.8 Å². The summed E-state index contributed by atoms with van der Waals surface area (Å²) in [6.45, 7) is 3.87. The number of hydrogen-bond donors (Lipinski definition) is 1. The fourth-order valence-electron chi connectivity index (χ4n) is 0.464. The van der Waals surface area contributed by atoms with Gasteiger partial charge in [0.15, 0.2) is 0 Å². The minimum atomic E-state index is -4.17. The standard InChI is InChI=1S/C6H10F2O3S/c1-5(2,3)12(11)6(7,8)4(9)10/h1-3H3,(H,9,10)/t12-/m0/s1. The monoisotopic (exact) mass is 200 g/mol. The molecule has 0 rings (SSSR count). The molecule has 1 atom stereocenters. The van der Waals surface area contributed by atoms with Crippen LogP contribution < -0.4 is 0 Å². The third-order valence-corrected chi connectivity index (χ3v) is 2.79. The second-order valence-electron chi connectivity index (χ2n) is 3.20. The molecular formula is C6H10F2O3S. The SMILES string of the molecule is CC(C)(C)[S@](=O)C(F)(F)C(=O)O. The summed E-state index contributed by atoms with van der Waals surface area (Å²) < 4.78 is 34.7. The predicted molar refractivity (Wildman–Crippen MR) is 40.5 cm³/mol. The first-order chi connectivity index (χ1) is 5.10. The lowest BCUT2D eigenvalue weighted by atomic mass is 10.3. The molecule has 0 aromatic heterocycles. The number of carboxylic acid groups (broad SMARTS) is 1. The van der Waals surface area contributed by atoms with Gasteiger partial charge in [0.05, 0.1) is 0 Å². The third kappa shape index (κ3) is 2.23. The highest BCUT2D eigenvalue weighted by Crippen LogP contribution is 2.27. The Hall–Kier alpha value is -0.520. The molecule has 0 radical (unpaired) electrons. The van der Waals surface area contributed by atoms with Crippen LogP contribution in [0.1, 0.15) is 20.8 Å². The van der Waals surface area contributed by atoms with Crippen LogP contribution in [-0.2, 0) is 15.6 Å². The maximum atomic E-state index is 12.5. The van der Waals surface area contributed by atoms with Crippen molar-refractivity contribution in [1.29, 1.82) is 0 Å². The maximum absolute atomic E-state index is 12.5.